The summed E-state index contributed by atoms with van der Waals surface area (Å²) in [7, 11) is 2.01. The molecule has 3 heterocycles. The molecule has 2 N–H and O–H groups in total. The number of carbonyl (C=O) groups is 1. The van der Waals surface area contributed by atoms with Gasteiger partial charge >= 0.3 is 0 Å². The van der Waals surface area contributed by atoms with Gasteiger partial charge in [0.15, 0.2) is 0 Å². The fourth-order valence-corrected chi connectivity index (χ4v) is 3.59. The topological polar surface area (TPSA) is 89.9 Å². The van der Waals surface area contributed by atoms with E-state index in [0.717, 1.165) is 57.4 Å². The van der Waals surface area contributed by atoms with Crippen molar-refractivity contribution in [2.24, 2.45) is 18.2 Å². The zero-order valence-electron chi connectivity index (χ0n) is 14.8. The Morgan fingerprint density at radius 3 is 2.64 bits per heavy atom. The van der Waals surface area contributed by atoms with Gasteiger partial charge < -0.3 is 10.3 Å². The molecule has 1 aliphatic rings. The normalized spacial score (nSPS) is 17.5. The molecule has 0 atom stereocenters. The average Bonchev–Trinajstić information content (AvgIpc) is 3.02. The van der Waals surface area contributed by atoms with Gasteiger partial charge in [-0.1, -0.05) is 0 Å². The summed E-state index contributed by atoms with van der Waals surface area (Å²) in [6.07, 6.45) is 13.1. The summed E-state index contributed by atoms with van der Waals surface area (Å²) in [5.74, 6) is -0.160. The summed E-state index contributed by atoms with van der Waals surface area (Å²) < 4.78 is 2.04. The number of imidazole rings is 1. The predicted molar refractivity (Wildman–Crippen MR) is 94.3 cm³/mol. The van der Waals surface area contributed by atoms with E-state index in [1.165, 1.54) is 5.69 Å². The van der Waals surface area contributed by atoms with Gasteiger partial charge in [0.05, 0.1) is 23.1 Å². The van der Waals surface area contributed by atoms with Crippen molar-refractivity contribution in [3.8, 4) is 0 Å². The van der Waals surface area contributed by atoms with E-state index in [-0.39, 0.29) is 11.3 Å². The second kappa shape index (κ2) is 7.74. The number of piperidine rings is 1. The van der Waals surface area contributed by atoms with Gasteiger partial charge in [0.2, 0.25) is 5.91 Å². The second-order valence-corrected chi connectivity index (χ2v) is 6.97. The number of likely N-dealkylation sites (tertiary alicyclic amines) is 1. The minimum absolute atomic E-state index is 0.160. The molecular weight excluding hydrogens is 316 g/mol. The molecule has 0 radical (unpaired) electrons. The van der Waals surface area contributed by atoms with Gasteiger partial charge in [0.1, 0.15) is 0 Å². The van der Waals surface area contributed by atoms with Crippen molar-refractivity contribution in [1.82, 2.24) is 24.4 Å². The number of nitrogens with two attached hydrogens (primary N) is 1. The minimum atomic E-state index is -0.384. The van der Waals surface area contributed by atoms with Crippen LogP contribution in [0.15, 0.2) is 31.1 Å². The molecule has 1 saturated heterocycles. The Balaban J connectivity index is 1.53. The lowest BCUT2D eigenvalue weighted by atomic mass is 9.73. The number of aromatic nitrogens is 4. The Labute approximate surface area is 148 Å². The Morgan fingerprint density at radius 1 is 1.24 bits per heavy atom. The number of nitrogens with zero attached hydrogens (tertiary/aromatic N) is 5. The quantitative estimate of drug-likeness (QED) is 0.819. The van der Waals surface area contributed by atoms with E-state index < -0.39 is 0 Å². The molecule has 1 amide bonds. The number of primary amides is 1. The molecule has 0 spiro atoms. The van der Waals surface area contributed by atoms with Crippen molar-refractivity contribution >= 4 is 5.91 Å². The molecule has 7 heteroatoms. The van der Waals surface area contributed by atoms with Crippen LogP contribution in [-0.2, 0) is 24.8 Å². The standard InChI is InChI=1S/C18H26N6O/c1-23-14-21-12-16(23)13-24-9-5-18(6-10-24,17(19)25)4-2-3-15-11-20-7-8-22-15/h7-8,11-12,14H,2-6,9-10,13H2,1H3,(H2,19,25). The third-order valence-electron chi connectivity index (χ3n) is 5.34. The molecule has 2 aromatic rings. The SMILES string of the molecule is Cn1cncc1CN1CCC(CCCc2cnccn2)(C(N)=O)CC1. The van der Waals surface area contributed by atoms with E-state index in [1.807, 2.05) is 24.1 Å². The van der Waals surface area contributed by atoms with Gasteiger partial charge in [-0.3, -0.25) is 19.7 Å². The Hall–Kier alpha value is -2.28. The summed E-state index contributed by atoms with van der Waals surface area (Å²) in [4.78, 5) is 27.1. The molecule has 0 aliphatic carbocycles. The summed E-state index contributed by atoms with van der Waals surface area (Å²) in [6.45, 7) is 2.64. The van der Waals surface area contributed by atoms with E-state index in [9.17, 15) is 4.79 Å². The first-order valence-corrected chi connectivity index (χ1v) is 8.81. The van der Waals surface area contributed by atoms with Crippen LogP contribution in [0.25, 0.3) is 0 Å². The molecule has 0 bridgehead atoms. The molecule has 7 nitrogen and oxygen atoms in total. The minimum Gasteiger partial charge on any atom is -0.369 e. The third-order valence-corrected chi connectivity index (χ3v) is 5.34. The highest BCUT2D eigenvalue weighted by atomic mass is 16.1. The van der Waals surface area contributed by atoms with Crippen LogP contribution in [0, 0.1) is 5.41 Å². The van der Waals surface area contributed by atoms with Crippen LogP contribution in [0.1, 0.15) is 37.1 Å². The summed E-state index contributed by atoms with van der Waals surface area (Å²) >= 11 is 0. The van der Waals surface area contributed by atoms with E-state index in [2.05, 4.69) is 19.9 Å². The van der Waals surface area contributed by atoms with E-state index in [4.69, 9.17) is 5.73 Å². The van der Waals surface area contributed by atoms with Crippen molar-refractivity contribution in [2.75, 3.05) is 13.1 Å². The number of hydrogen-bond donors (Lipinski definition) is 1. The lowest BCUT2D eigenvalue weighted by Gasteiger charge is -2.39. The Bertz CT molecular complexity index is 691. The van der Waals surface area contributed by atoms with Crippen molar-refractivity contribution < 1.29 is 4.79 Å². The smallest absolute Gasteiger partial charge is 0.223 e. The van der Waals surface area contributed by atoms with E-state index >= 15 is 0 Å². The molecule has 134 valence electrons. The van der Waals surface area contributed by atoms with Crippen molar-refractivity contribution in [2.45, 2.75) is 38.6 Å². The fourth-order valence-electron chi connectivity index (χ4n) is 3.59. The molecular formula is C18H26N6O. The highest BCUT2D eigenvalue weighted by Crippen LogP contribution is 2.36. The monoisotopic (exact) mass is 342 g/mol. The van der Waals surface area contributed by atoms with Gasteiger partial charge in [0.25, 0.3) is 0 Å². The van der Waals surface area contributed by atoms with Crippen molar-refractivity contribution in [3.63, 3.8) is 0 Å². The lowest BCUT2D eigenvalue weighted by Crippen LogP contribution is -2.47. The summed E-state index contributed by atoms with van der Waals surface area (Å²) in [5, 5.41) is 0. The maximum Gasteiger partial charge on any atom is 0.223 e. The van der Waals surface area contributed by atoms with Crippen LogP contribution in [0.4, 0.5) is 0 Å². The van der Waals surface area contributed by atoms with Crippen molar-refractivity contribution in [1.29, 1.82) is 0 Å². The molecule has 3 rings (SSSR count). The number of hydrogen-bond acceptors (Lipinski definition) is 5. The molecule has 0 unspecified atom stereocenters. The van der Waals surface area contributed by atoms with Gasteiger partial charge in [-0.2, -0.15) is 0 Å². The lowest BCUT2D eigenvalue weighted by molar-refractivity contribution is -0.131. The zero-order valence-corrected chi connectivity index (χ0v) is 14.8. The maximum atomic E-state index is 12.2. The van der Waals surface area contributed by atoms with Crippen molar-refractivity contribution in [3.05, 3.63) is 42.5 Å². The fraction of sp³-hybridized carbons (Fsp3) is 0.556. The summed E-state index contributed by atoms with van der Waals surface area (Å²) in [6, 6.07) is 0. The number of aryl methyl sites for hydroxylation is 2. The van der Waals surface area contributed by atoms with Crippen LogP contribution >= 0.6 is 0 Å². The number of amides is 1. The number of rotatable bonds is 7. The van der Waals surface area contributed by atoms with Gasteiger partial charge in [-0.15, -0.1) is 0 Å². The first kappa shape index (κ1) is 17.5. The highest BCUT2D eigenvalue weighted by Gasteiger charge is 2.39. The highest BCUT2D eigenvalue weighted by molar-refractivity contribution is 5.80. The van der Waals surface area contributed by atoms with Crippen LogP contribution in [-0.4, -0.2) is 43.4 Å². The molecule has 0 aromatic carbocycles. The van der Waals surface area contributed by atoms with Crippen LogP contribution in [0.2, 0.25) is 0 Å². The van der Waals surface area contributed by atoms with E-state index in [1.54, 1.807) is 18.6 Å². The zero-order chi connectivity index (χ0) is 17.7. The van der Waals surface area contributed by atoms with Gasteiger partial charge in [-0.05, 0) is 45.2 Å². The first-order valence-electron chi connectivity index (χ1n) is 8.81. The largest absolute Gasteiger partial charge is 0.369 e. The van der Waals surface area contributed by atoms with Crippen LogP contribution < -0.4 is 5.73 Å². The first-order chi connectivity index (χ1) is 12.1. The Kier molecular flexibility index (Phi) is 5.43. The molecule has 1 fully saturated rings. The Morgan fingerprint density at radius 2 is 2.04 bits per heavy atom. The summed E-state index contributed by atoms with van der Waals surface area (Å²) in [5.41, 5.74) is 7.56. The predicted octanol–water partition coefficient (Wildman–Crippen LogP) is 1.30. The van der Waals surface area contributed by atoms with Crippen LogP contribution in [0.5, 0.6) is 0 Å². The van der Waals surface area contributed by atoms with Crippen LogP contribution in [0.3, 0.4) is 0 Å². The third kappa shape index (κ3) is 4.22. The van der Waals surface area contributed by atoms with E-state index in [0.29, 0.717) is 0 Å². The van der Waals surface area contributed by atoms with Gasteiger partial charge in [0, 0.05) is 38.4 Å². The number of carbonyl (C=O) groups excluding carboxylic acids is 1. The average molecular weight is 342 g/mol. The maximum absolute atomic E-state index is 12.2. The molecule has 0 saturated carbocycles. The molecule has 25 heavy (non-hydrogen) atoms. The molecule has 1 aliphatic heterocycles. The van der Waals surface area contributed by atoms with Gasteiger partial charge in [-0.25, -0.2) is 4.98 Å². The molecule has 2 aromatic heterocycles. The second-order valence-electron chi connectivity index (χ2n) is 6.97.